The lowest BCUT2D eigenvalue weighted by Crippen LogP contribution is -2.51. The van der Waals surface area contributed by atoms with Gasteiger partial charge in [0.15, 0.2) is 0 Å². The molecule has 1 rings (SSSR count). The standard InChI is InChI=1S/C15H32N2O3/c1-14(2)12-15-13-17(5-4-16-15)6-7-19-10-11-20-9-8-18-3/h14-16H,4-13H2,1-3H3. The van der Waals surface area contributed by atoms with Crippen LogP contribution in [0.3, 0.4) is 0 Å². The van der Waals surface area contributed by atoms with Gasteiger partial charge in [-0.2, -0.15) is 0 Å². The van der Waals surface area contributed by atoms with Crippen LogP contribution in [0.5, 0.6) is 0 Å². The van der Waals surface area contributed by atoms with Gasteiger partial charge in [0.05, 0.1) is 33.0 Å². The van der Waals surface area contributed by atoms with E-state index in [4.69, 9.17) is 14.2 Å². The Morgan fingerprint density at radius 2 is 1.80 bits per heavy atom. The molecule has 1 aliphatic rings. The summed E-state index contributed by atoms with van der Waals surface area (Å²) >= 11 is 0. The number of hydrogen-bond acceptors (Lipinski definition) is 5. The van der Waals surface area contributed by atoms with E-state index >= 15 is 0 Å². The lowest BCUT2D eigenvalue weighted by atomic mass is 10.0. The summed E-state index contributed by atoms with van der Waals surface area (Å²) in [5.41, 5.74) is 0. The van der Waals surface area contributed by atoms with Crippen LogP contribution in [0, 0.1) is 5.92 Å². The van der Waals surface area contributed by atoms with Gasteiger partial charge in [-0.25, -0.2) is 0 Å². The van der Waals surface area contributed by atoms with Gasteiger partial charge in [0.2, 0.25) is 0 Å². The fourth-order valence-electron chi connectivity index (χ4n) is 2.48. The summed E-state index contributed by atoms with van der Waals surface area (Å²) in [6.45, 7) is 12.4. The van der Waals surface area contributed by atoms with Crippen molar-refractivity contribution in [3.05, 3.63) is 0 Å². The van der Waals surface area contributed by atoms with Crippen LogP contribution in [-0.2, 0) is 14.2 Å². The van der Waals surface area contributed by atoms with Crippen molar-refractivity contribution in [1.82, 2.24) is 10.2 Å². The van der Waals surface area contributed by atoms with Crippen molar-refractivity contribution in [3.63, 3.8) is 0 Å². The Morgan fingerprint density at radius 1 is 1.10 bits per heavy atom. The summed E-state index contributed by atoms with van der Waals surface area (Å²) < 4.78 is 15.9. The first-order chi connectivity index (χ1) is 9.72. The zero-order valence-corrected chi connectivity index (χ0v) is 13.4. The molecule has 1 atom stereocenters. The molecule has 20 heavy (non-hydrogen) atoms. The second-order valence-electron chi connectivity index (χ2n) is 5.80. The van der Waals surface area contributed by atoms with Crippen molar-refractivity contribution in [2.45, 2.75) is 26.3 Å². The number of ether oxygens (including phenoxy) is 3. The summed E-state index contributed by atoms with van der Waals surface area (Å²) in [7, 11) is 1.68. The van der Waals surface area contributed by atoms with Crippen LogP contribution in [0.15, 0.2) is 0 Å². The molecule has 0 aromatic carbocycles. The molecular weight excluding hydrogens is 256 g/mol. The summed E-state index contributed by atoms with van der Waals surface area (Å²) in [6.07, 6.45) is 1.25. The van der Waals surface area contributed by atoms with Gasteiger partial charge in [-0.15, -0.1) is 0 Å². The first kappa shape index (κ1) is 17.9. The molecule has 1 heterocycles. The Labute approximate surface area is 123 Å². The van der Waals surface area contributed by atoms with Gasteiger partial charge in [-0.3, -0.25) is 4.90 Å². The van der Waals surface area contributed by atoms with Crippen LogP contribution in [0.2, 0.25) is 0 Å². The van der Waals surface area contributed by atoms with Crippen LogP contribution < -0.4 is 5.32 Å². The number of methoxy groups -OCH3 is 1. The van der Waals surface area contributed by atoms with E-state index in [2.05, 4.69) is 24.1 Å². The quantitative estimate of drug-likeness (QED) is 0.574. The van der Waals surface area contributed by atoms with Crippen LogP contribution in [-0.4, -0.2) is 77.3 Å². The average molecular weight is 288 g/mol. The number of piperazine rings is 1. The van der Waals surface area contributed by atoms with Crippen molar-refractivity contribution in [2.75, 3.05) is 66.3 Å². The first-order valence-corrected chi connectivity index (χ1v) is 7.82. The fraction of sp³-hybridized carbons (Fsp3) is 1.00. The predicted molar refractivity (Wildman–Crippen MR) is 81.2 cm³/mol. The van der Waals surface area contributed by atoms with Crippen molar-refractivity contribution in [1.29, 1.82) is 0 Å². The van der Waals surface area contributed by atoms with Crippen LogP contribution in [0.25, 0.3) is 0 Å². The number of nitrogens with zero attached hydrogens (tertiary/aromatic N) is 1. The molecule has 120 valence electrons. The molecule has 0 radical (unpaired) electrons. The molecular formula is C15H32N2O3. The Bertz CT molecular complexity index is 227. The van der Waals surface area contributed by atoms with Crippen LogP contribution in [0.4, 0.5) is 0 Å². The van der Waals surface area contributed by atoms with Crippen molar-refractivity contribution in [3.8, 4) is 0 Å². The van der Waals surface area contributed by atoms with Gasteiger partial charge >= 0.3 is 0 Å². The maximum Gasteiger partial charge on any atom is 0.0701 e. The summed E-state index contributed by atoms with van der Waals surface area (Å²) in [5.74, 6) is 0.757. The molecule has 0 aromatic rings. The van der Waals surface area contributed by atoms with Gasteiger partial charge in [-0.05, 0) is 12.3 Å². The summed E-state index contributed by atoms with van der Waals surface area (Å²) in [6, 6.07) is 0.640. The fourth-order valence-corrected chi connectivity index (χ4v) is 2.48. The van der Waals surface area contributed by atoms with Gasteiger partial charge in [0.1, 0.15) is 0 Å². The van der Waals surface area contributed by atoms with E-state index < -0.39 is 0 Å². The molecule has 1 saturated heterocycles. The third-order valence-corrected chi connectivity index (χ3v) is 3.45. The lowest BCUT2D eigenvalue weighted by molar-refractivity contribution is 0.0175. The monoisotopic (exact) mass is 288 g/mol. The van der Waals surface area contributed by atoms with Crippen LogP contribution >= 0.6 is 0 Å². The van der Waals surface area contributed by atoms with Gasteiger partial charge < -0.3 is 19.5 Å². The molecule has 5 heteroatoms. The van der Waals surface area contributed by atoms with E-state index in [9.17, 15) is 0 Å². The highest BCUT2D eigenvalue weighted by Crippen LogP contribution is 2.09. The molecule has 1 aliphatic heterocycles. The number of nitrogens with one attached hydrogen (secondary N) is 1. The van der Waals surface area contributed by atoms with E-state index in [0.29, 0.717) is 32.5 Å². The number of rotatable bonds is 11. The van der Waals surface area contributed by atoms with Gasteiger partial charge in [0, 0.05) is 39.3 Å². The third kappa shape index (κ3) is 8.87. The number of hydrogen-bond donors (Lipinski definition) is 1. The maximum absolute atomic E-state index is 5.61. The zero-order valence-electron chi connectivity index (χ0n) is 13.4. The summed E-state index contributed by atoms with van der Waals surface area (Å²) in [4.78, 5) is 2.50. The highest BCUT2D eigenvalue weighted by Gasteiger charge is 2.19. The normalized spacial score (nSPS) is 20.7. The largest absolute Gasteiger partial charge is 0.382 e. The van der Waals surface area contributed by atoms with E-state index in [0.717, 1.165) is 38.7 Å². The second kappa shape index (κ2) is 11.5. The molecule has 0 amide bonds. The minimum Gasteiger partial charge on any atom is -0.382 e. The van der Waals surface area contributed by atoms with Crippen LogP contribution in [0.1, 0.15) is 20.3 Å². The van der Waals surface area contributed by atoms with E-state index in [-0.39, 0.29) is 0 Å². The summed E-state index contributed by atoms with van der Waals surface area (Å²) in [5, 5.41) is 3.60. The molecule has 1 N–H and O–H groups in total. The molecule has 0 aromatic heterocycles. The van der Waals surface area contributed by atoms with E-state index in [1.165, 1.54) is 6.42 Å². The molecule has 1 unspecified atom stereocenters. The minimum atomic E-state index is 0.640. The second-order valence-corrected chi connectivity index (χ2v) is 5.80. The molecule has 0 bridgehead atoms. The zero-order chi connectivity index (χ0) is 14.6. The highest BCUT2D eigenvalue weighted by atomic mass is 16.5. The molecule has 1 fully saturated rings. The van der Waals surface area contributed by atoms with Crippen molar-refractivity contribution < 1.29 is 14.2 Å². The Morgan fingerprint density at radius 3 is 2.50 bits per heavy atom. The van der Waals surface area contributed by atoms with Crippen molar-refractivity contribution >= 4 is 0 Å². The van der Waals surface area contributed by atoms with Gasteiger partial charge in [0.25, 0.3) is 0 Å². The Kier molecular flexibility index (Phi) is 10.2. The molecule has 0 aliphatic carbocycles. The third-order valence-electron chi connectivity index (χ3n) is 3.45. The highest BCUT2D eigenvalue weighted by molar-refractivity contribution is 4.79. The predicted octanol–water partition coefficient (Wildman–Crippen LogP) is 0.986. The SMILES string of the molecule is COCCOCCOCCN1CCNC(CC(C)C)C1. The lowest BCUT2D eigenvalue weighted by Gasteiger charge is -2.34. The molecule has 5 nitrogen and oxygen atoms in total. The molecule has 0 spiro atoms. The first-order valence-electron chi connectivity index (χ1n) is 7.82. The van der Waals surface area contributed by atoms with Gasteiger partial charge in [-0.1, -0.05) is 13.8 Å². The average Bonchev–Trinajstić information content (AvgIpc) is 2.41. The Hall–Kier alpha value is -0.200. The maximum atomic E-state index is 5.61. The topological polar surface area (TPSA) is 43.0 Å². The Balaban J connectivity index is 1.96. The van der Waals surface area contributed by atoms with E-state index in [1.807, 2.05) is 0 Å². The van der Waals surface area contributed by atoms with E-state index in [1.54, 1.807) is 7.11 Å². The smallest absolute Gasteiger partial charge is 0.0701 e. The minimum absolute atomic E-state index is 0.640. The molecule has 0 saturated carbocycles. The van der Waals surface area contributed by atoms with Crippen molar-refractivity contribution in [2.24, 2.45) is 5.92 Å².